The largest absolute Gasteiger partial charge is 0.395 e. The third-order valence-corrected chi connectivity index (χ3v) is 7.67. The number of aromatic nitrogens is 1. The summed E-state index contributed by atoms with van der Waals surface area (Å²) in [6, 6.07) is 12.3. The number of likely N-dealkylation sites (tertiary alicyclic amines) is 1. The van der Waals surface area contributed by atoms with Crippen molar-refractivity contribution in [1.29, 1.82) is 0 Å². The van der Waals surface area contributed by atoms with Gasteiger partial charge in [0.15, 0.2) is 0 Å². The topological polar surface area (TPSA) is 127 Å². The number of allylic oxidation sites excluding steroid dienone is 1. The van der Waals surface area contributed by atoms with E-state index in [1.807, 2.05) is 48.8 Å². The van der Waals surface area contributed by atoms with Crippen LogP contribution in [0.25, 0.3) is 0 Å². The predicted octanol–water partition coefficient (Wildman–Crippen LogP) is 1.35. The molecule has 200 valence electrons. The van der Waals surface area contributed by atoms with E-state index in [1.54, 1.807) is 27.5 Å². The lowest BCUT2D eigenvalue weighted by atomic mass is 9.82. The van der Waals surface area contributed by atoms with E-state index in [0.29, 0.717) is 19.6 Å². The maximum atomic E-state index is 13.3. The van der Waals surface area contributed by atoms with Crippen LogP contribution in [0.15, 0.2) is 64.6 Å². The number of nitrogens with zero attached hydrogens (tertiary/aromatic N) is 4. The summed E-state index contributed by atoms with van der Waals surface area (Å²) in [5, 5.41) is 29.7. The molecule has 4 heterocycles. The molecular weight excluding hydrogens is 486 g/mol. The first kappa shape index (κ1) is 25.9. The first-order chi connectivity index (χ1) is 18.4. The minimum Gasteiger partial charge on any atom is -0.395 e. The molecule has 1 aromatic carbocycles. The minimum absolute atomic E-state index is 0.0111. The molecule has 3 aliphatic heterocycles. The van der Waals surface area contributed by atoms with Gasteiger partial charge >= 0.3 is 0 Å². The number of hydrogen-bond acceptors (Lipinski definition) is 7. The number of benzene rings is 1. The van der Waals surface area contributed by atoms with Gasteiger partial charge in [0.05, 0.1) is 24.3 Å². The van der Waals surface area contributed by atoms with Crippen molar-refractivity contribution in [3.05, 3.63) is 76.4 Å². The Morgan fingerprint density at radius 1 is 1.13 bits per heavy atom. The molecule has 1 aromatic heterocycles. The van der Waals surface area contributed by atoms with E-state index in [9.17, 15) is 24.6 Å². The smallest absolute Gasteiger partial charge is 0.252 e. The third-order valence-electron chi connectivity index (χ3n) is 7.67. The van der Waals surface area contributed by atoms with Crippen LogP contribution in [0.1, 0.15) is 43.0 Å². The average Bonchev–Trinajstić information content (AvgIpc) is 2.94. The summed E-state index contributed by atoms with van der Waals surface area (Å²) in [5.74, 6) is -2.39. The van der Waals surface area contributed by atoms with Gasteiger partial charge < -0.3 is 25.0 Å². The molecule has 0 spiro atoms. The molecule has 0 unspecified atom stereocenters. The van der Waals surface area contributed by atoms with Gasteiger partial charge in [0, 0.05) is 56.1 Å². The maximum Gasteiger partial charge on any atom is 0.252 e. The summed E-state index contributed by atoms with van der Waals surface area (Å²) in [6.45, 7) is 2.41. The number of fused-ring (bicyclic) bond motifs is 4. The molecule has 5 rings (SSSR count). The number of carbonyl (C=O) groups excluding carboxylic acids is 2. The van der Waals surface area contributed by atoms with Crippen LogP contribution in [-0.4, -0.2) is 63.5 Å². The molecule has 3 aliphatic rings. The van der Waals surface area contributed by atoms with E-state index >= 15 is 0 Å². The summed E-state index contributed by atoms with van der Waals surface area (Å²) in [4.78, 5) is 40.1. The number of nitrogens with one attached hydrogen (secondary N) is 1. The monoisotopic (exact) mass is 519 g/mol. The van der Waals surface area contributed by atoms with Gasteiger partial charge in [-0.3, -0.25) is 14.4 Å². The summed E-state index contributed by atoms with van der Waals surface area (Å²) >= 11 is 0. The SMILES string of the molecule is C[C@@H](NC(=O)[C@H](CO)[C@@H](O)C(=O)N1C[C@H]2C[C@@H](C1)c1cccc(=O)n1C2)c1ccc(N2C=CCC=N2)cc1. The van der Waals surface area contributed by atoms with E-state index in [1.165, 1.54) is 6.07 Å². The summed E-state index contributed by atoms with van der Waals surface area (Å²) in [5.41, 5.74) is 2.56. The highest BCUT2D eigenvalue weighted by Gasteiger charge is 2.41. The predicted molar refractivity (Wildman–Crippen MR) is 142 cm³/mol. The van der Waals surface area contributed by atoms with E-state index in [4.69, 9.17) is 0 Å². The Labute approximate surface area is 220 Å². The number of pyridine rings is 1. The van der Waals surface area contributed by atoms with Crippen LogP contribution in [0.5, 0.6) is 0 Å². The van der Waals surface area contributed by atoms with Gasteiger partial charge in [-0.15, -0.1) is 0 Å². The Balaban J connectivity index is 1.22. The summed E-state index contributed by atoms with van der Waals surface area (Å²) in [7, 11) is 0. The van der Waals surface area contributed by atoms with Crippen molar-refractivity contribution in [2.75, 3.05) is 24.7 Å². The van der Waals surface area contributed by atoms with Crippen molar-refractivity contribution in [3.63, 3.8) is 0 Å². The Kier molecular flexibility index (Phi) is 7.44. The zero-order valence-electron chi connectivity index (χ0n) is 21.3. The van der Waals surface area contributed by atoms with Gasteiger partial charge in [0.1, 0.15) is 6.10 Å². The molecule has 2 amide bonds. The number of rotatable bonds is 7. The zero-order valence-corrected chi connectivity index (χ0v) is 21.3. The Morgan fingerprint density at radius 3 is 2.63 bits per heavy atom. The molecule has 0 radical (unpaired) electrons. The number of piperidine rings is 1. The molecule has 1 fully saturated rings. The zero-order chi connectivity index (χ0) is 26.8. The number of carbonyl (C=O) groups is 2. The Hall–Kier alpha value is -3.76. The van der Waals surface area contributed by atoms with Gasteiger partial charge in [-0.25, -0.2) is 5.01 Å². The van der Waals surface area contributed by atoms with Crippen LogP contribution in [0.2, 0.25) is 0 Å². The third kappa shape index (κ3) is 5.14. The number of hydrogen-bond donors (Lipinski definition) is 3. The lowest BCUT2D eigenvalue weighted by Crippen LogP contribution is -2.54. The van der Waals surface area contributed by atoms with Gasteiger partial charge in [-0.05, 0) is 43.0 Å². The molecule has 1 saturated heterocycles. The molecule has 0 saturated carbocycles. The summed E-state index contributed by atoms with van der Waals surface area (Å²) < 4.78 is 1.77. The molecular formula is C28H33N5O5. The number of hydrazone groups is 1. The molecule has 10 nitrogen and oxygen atoms in total. The summed E-state index contributed by atoms with van der Waals surface area (Å²) in [6.07, 6.45) is 5.70. The van der Waals surface area contributed by atoms with Crippen LogP contribution < -0.4 is 15.9 Å². The fourth-order valence-corrected chi connectivity index (χ4v) is 5.63. The molecule has 2 bridgehead atoms. The van der Waals surface area contributed by atoms with Crippen molar-refractivity contribution in [2.45, 2.75) is 44.4 Å². The first-order valence-electron chi connectivity index (χ1n) is 13.0. The first-order valence-corrected chi connectivity index (χ1v) is 13.0. The van der Waals surface area contributed by atoms with Crippen molar-refractivity contribution in [3.8, 4) is 0 Å². The lowest BCUT2D eigenvalue weighted by Gasteiger charge is -2.43. The van der Waals surface area contributed by atoms with Crippen LogP contribution >= 0.6 is 0 Å². The van der Waals surface area contributed by atoms with Crippen LogP contribution in [0, 0.1) is 11.8 Å². The number of aliphatic hydroxyl groups is 2. The van der Waals surface area contributed by atoms with E-state index < -0.39 is 36.5 Å². The molecule has 0 aliphatic carbocycles. The molecule has 3 N–H and O–H groups in total. The van der Waals surface area contributed by atoms with Crippen LogP contribution in [0.3, 0.4) is 0 Å². The Morgan fingerprint density at radius 2 is 1.92 bits per heavy atom. The van der Waals surface area contributed by atoms with Crippen LogP contribution in [-0.2, 0) is 16.1 Å². The van der Waals surface area contributed by atoms with Crippen molar-refractivity contribution >= 4 is 23.7 Å². The lowest BCUT2D eigenvalue weighted by molar-refractivity contribution is -0.151. The maximum absolute atomic E-state index is 13.3. The molecule has 10 heteroatoms. The van der Waals surface area contributed by atoms with Gasteiger partial charge in [-0.2, -0.15) is 5.10 Å². The molecule has 2 aromatic rings. The quantitative estimate of drug-likeness (QED) is 0.507. The number of anilines is 1. The van der Waals surface area contributed by atoms with Crippen molar-refractivity contribution < 1.29 is 19.8 Å². The average molecular weight is 520 g/mol. The number of amides is 2. The second kappa shape index (κ2) is 10.9. The Bertz CT molecular complexity index is 1290. The highest BCUT2D eigenvalue weighted by molar-refractivity contribution is 5.89. The second-order valence-corrected chi connectivity index (χ2v) is 10.3. The van der Waals surface area contributed by atoms with Crippen molar-refractivity contribution in [2.24, 2.45) is 16.9 Å². The fourth-order valence-electron chi connectivity index (χ4n) is 5.63. The highest BCUT2D eigenvalue weighted by Crippen LogP contribution is 2.35. The standard InChI is InChI=1S/C28H33N5O5/c1-18(20-7-9-22(10-8-20)33-12-3-2-11-29-33)30-27(37)23(17-34)26(36)28(38)31-14-19-13-21(16-31)24-5-4-6-25(35)32(24)15-19/h3-12,18-19,21,23,26,34,36H,2,13-17H2,1H3,(H,30,37)/t18-,19-,21+,23-,26-/m1/s1. The van der Waals surface area contributed by atoms with Crippen molar-refractivity contribution in [1.82, 2.24) is 14.8 Å². The number of aliphatic hydroxyl groups excluding tert-OH is 2. The van der Waals surface area contributed by atoms with E-state index in [2.05, 4.69) is 10.4 Å². The fraction of sp³-hybridized carbons (Fsp3) is 0.429. The van der Waals surface area contributed by atoms with Gasteiger partial charge in [0.2, 0.25) is 5.91 Å². The second-order valence-electron chi connectivity index (χ2n) is 10.3. The molecule has 5 atom stereocenters. The molecule has 38 heavy (non-hydrogen) atoms. The van der Waals surface area contributed by atoms with E-state index in [0.717, 1.165) is 29.8 Å². The van der Waals surface area contributed by atoms with Gasteiger partial charge in [0.25, 0.3) is 11.5 Å². The highest BCUT2D eigenvalue weighted by atomic mass is 16.3. The van der Waals surface area contributed by atoms with Gasteiger partial charge in [-0.1, -0.05) is 24.3 Å². The van der Waals surface area contributed by atoms with E-state index in [-0.39, 0.29) is 17.4 Å². The van der Waals surface area contributed by atoms with Crippen LogP contribution in [0.4, 0.5) is 5.69 Å². The normalized spacial score (nSPS) is 22.4. The minimum atomic E-state index is -1.67.